The van der Waals surface area contributed by atoms with E-state index in [4.69, 9.17) is 16.3 Å². The summed E-state index contributed by atoms with van der Waals surface area (Å²) in [6.45, 7) is 6.96. The number of nitrogens with one attached hydrogen (secondary N) is 1. The Morgan fingerprint density at radius 3 is 2.81 bits per heavy atom. The van der Waals surface area contributed by atoms with E-state index < -0.39 is 0 Å². The molecular weight excluding hydrogens is 222 g/mol. The van der Waals surface area contributed by atoms with E-state index in [-0.39, 0.29) is 0 Å². The van der Waals surface area contributed by atoms with Gasteiger partial charge in [0.1, 0.15) is 5.75 Å². The summed E-state index contributed by atoms with van der Waals surface area (Å²) < 4.78 is 5.60. The van der Waals surface area contributed by atoms with Gasteiger partial charge in [0.25, 0.3) is 0 Å². The Morgan fingerprint density at radius 2 is 2.12 bits per heavy atom. The Bertz CT molecular complexity index is 315. The highest BCUT2D eigenvalue weighted by Gasteiger charge is 2.00. The molecule has 0 amide bonds. The maximum Gasteiger partial charge on any atom is 0.137 e. The monoisotopic (exact) mass is 241 g/mol. The summed E-state index contributed by atoms with van der Waals surface area (Å²) in [5, 5.41) is 4.03. The summed E-state index contributed by atoms with van der Waals surface area (Å²) in [7, 11) is 0. The van der Waals surface area contributed by atoms with Crippen molar-refractivity contribution in [1.29, 1.82) is 0 Å². The quantitative estimate of drug-likeness (QED) is 0.739. The summed E-state index contributed by atoms with van der Waals surface area (Å²) in [6, 6.07) is 5.86. The number of hydrogen-bond acceptors (Lipinski definition) is 2. The molecule has 90 valence electrons. The first-order valence-electron chi connectivity index (χ1n) is 5.83. The van der Waals surface area contributed by atoms with Crippen molar-refractivity contribution in [2.45, 2.75) is 26.7 Å². The molecule has 0 saturated heterocycles. The number of ether oxygens (including phenoxy) is 1. The van der Waals surface area contributed by atoms with Crippen molar-refractivity contribution in [2.24, 2.45) is 0 Å². The zero-order valence-electron chi connectivity index (χ0n) is 10.1. The molecule has 0 spiro atoms. The predicted molar refractivity (Wildman–Crippen MR) is 69.5 cm³/mol. The van der Waals surface area contributed by atoms with Crippen LogP contribution in [-0.2, 0) is 0 Å². The highest BCUT2D eigenvalue weighted by molar-refractivity contribution is 6.32. The molecule has 1 N–H and O–H groups in total. The van der Waals surface area contributed by atoms with Crippen molar-refractivity contribution >= 4 is 11.6 Å². The first kappa shape index (κ1) is 13.3. The van der Waals surface area contributed by atoms with Crippen LogP contribution in [0.3, 0.4) is 0 Å². The molecule has 2 nitrogen and oxygen atoms in total. The van der Waals surface area contributed by atoms with Gasteiger partial charge in [-0.05, 0) is 50.6 Å². The lowest BCUT2D eigenvalue weighted by Gasteiger charge is -2.08. The van der Waals surface area contributed by atoms with Crippen molar-refractivity contribution in [3.8, 4) is 5.75 Å². The third kappa shape index (κ3) is 4.86. The summed E-state index contributed by atoms with van der Waals surface area (Å²) in [4.78, 5) is 0. The smallest absolute Gasteiger partial charge is 0.137 e. The third-order valence-corrected chi connectivity index (χ3v) is 2.56. The van der Waals surface area contributed by atoms with Gasteiger partial charge in [0.05, 0.1) is 11.6 Å². The van der Waals surface area contributed by atoms with Gasteiger partial charge in [0.2, 0.25) is 0 Å². The van der Waals surface area contributed by atoms with Crippen molar-refractivity contribution in [2.75, 3.05) is 19.7 Å². The largest absolute Gasteiger partial charge is 0.492 e. The van der Waals surface area contributed by atoms with E-state index in [1.54, 1.807) is 0 Å². The second kappa shape index (κ2) is 7.53. The normalized spacial score (nSPS) is 10.4. The Labute approximate surface area is 103 Å². The third-order valence-electron chi connectivity index (χ3n) is 2.27. The highest BCUT2D eigenvalue weighted by Crippen LogP contribution is 2.24. The number of aryl methyl sites for hydroxylation is 1. The molecule has 0 aliphatic heterocycles. The molecule has 0 fully saturated rings. The van der Waals surface area contributed by atoms with Gasteiger partial charge in [-0.3, -0.25) is 0 Å². The van der Waals surface area contributed by atoms with Crippen LogP contribution in [0.15, 0.2) is 18.2 Å². The van der Waals surface area contributed by atoms with E-state index in [0.29, 0.717) is 11.6 Å². The van der Waals surface area contributed by atoms with E-state index in [2.05, 4.69) is 12.2 Å². The molecular formula is C13H20ClNO. The van der Waals surface area contributed by atoms with Crippen LogP contribution in [0.5, 0.6) is 5.75 Å². The summed E-state index contributed by atoms with van der Waals surface area (Å²) in [6.07, 6.45) is 2.18. The molecule has 0 aliphatic carbocycles. The second-order valence-corrected chi connectivity index (χ2v) is 4.29. The minimum Gasteiger partial charge on any atom is -0.492 e. The number of hydrogen-bond donors (Lipinski definition) is 1. The molecule has 0 radical (unpaired) electrons. The van der Waals surface area contributed by atoms with Crippen molar-refractivity contribution in [3.05, 3.63) is 28.8 Å². The Balaban J connectivity index is 2.21. The standard InChI is InChI=1S/C13H20ClNO/c1-3-7-15-8-4-9-16-13-6-5-11(2)10-12(13)14/h5-6,10,15H,3-4,7-9H2,1-2H3. The van der Waals surface area contributed by atoms with E-state index in [1.807, 2.05) is 25.1 Å². The fourth-order valence-corrected chi connectivity index (χ4v) is 1.69. The SMILES string of the molecule is CCCNCCCOc1ccc(C)cc1Cl. The molecule has 1 aromatic carbocycles. The van der Waals surface area contributed by atoms with Crippen LogP contribution in [0.25, 0.3) is 0 Å². The van der Waals surface area contributed by atoms with Crippen molar-refractivity contribution in [1.82, 2.24) is 5.32 Å². The highest BCUT2D eigenvalue weighted by atomic mass is 35.5. The Kier molecular flexibility index (Phi) is 6.27. The second-order valence-electron chi connectivity index (χ2n) is 3.89. The number of halogens is 1. The predicted octanol–water partition coefficient (Wildman–Crippen LogP) is 3.42. The maximum absolute atomic E-state index is 6.05. The van der Waals surface area contributed by atoms with Gasteiger partial charge in [0, 0.05) is 0 Å². The molecule has 16 heavy (non-hydrogen) atoms. The van der Waals surface area contributed by atoms with E-state index in [9.17, 15) is 0 Å². The average molecular weight is 242 g/mol. The fourth-order valence-electron chi connectivity index (χ4n) is 1.40. The maximum atomic E-state index is 6.05. The molecule has 0 unspecified atom stereocenters. The van der Waals surface area contributed by atoms with Crippen molar-refractivity contribution in [3.63, 3.8) is 0 Å². The summed E-state index contributed by atoms with van der Waals surface area (Å²) >= 11 is 6.05. The van der Waals surface area contributed by atoms with Crippen LogP contribution in [-0.4, -0.2) is 19.7 Å². The Morgan fingerprint density at radius 1 is 1.31 bits per heavy atom. The van der Waals surface area contributed by atoms with Crippen molar-refractivity contribution < 1.29 is 4.74 Å². The van der Waals surface area contributed by atoms with Crippen LogP contribution in [0.4, 0.5) is 0 Å². The van der Waals surface area contributed by atoms with Gasteiger partial charge >= 0.3 is 0 Å². The average Bonchev–Trinajstić information content (AvgIpc) is 2.26. The first-order valence-corrected chi connectivity index (χ1v) is 6.21. The van der Waals surface area contributed by atoms with Crippen LogP contribution in [0.1, 0.15) is 25.3 Å². The van der Waals surface area contributed by atoms with Gasteiger partial charge in [-0.2, -0.15) is 0 Å². The zero-order valence-corrected chi connectivity index (χ0v) is 10.8. The minimum atomic E-state index is 0.696. The van der Waals surface area contributed by atoms with E-state index in [0.717, 1.165) is 30.8 Å². The van der Waals surface area contributed by atoms with Gasteiger partial charge < -0.3 is 10.1 Å². The van der Waals surface area contributed by atoms with Crippen LogP contribution in [0.2, 0.25) is 5.02 Å². The molecule has 0 atom stereocenters. The summed E-state index contributed by atoms with van der Waals surface area (Å²) in [5.41, 5.74) is 1.15. The molecule has 0 aliphatic rings. The van der Waals surface area contributed by atoms with Crippen LogP contribution >= 0.6 is 11.6 Å². The first-order chi connectivity index (χ1) is 7.74. The van der Waals surface area contributed by atoms with Crippen LogP contribution < -0.4 is 10.1 Å². The van der Waals surface area contributed by atoms with Gasteiger partial charge in [-0.15, -0.1) is 0 Å². The number of rotatable bonds is 7. The lowest BCUT2D eigenvalue weighted by molar-refractivity contribution is 0.308. The molecule has 0 saturated carbocycles. The van der Waals surface area contributed by atoms with Gasteiger partial charge in [-0.25, -0.2) is 0 Å². The van der Waals surface area contributed by atoms with Gasteiger partial charge in [-0.1, -0.05) is 24.6 Å². The zero-order chi connectivity index (χ0) is 11.8. The number of benzene rings is 1. The molecule has 0 bridgehead atoms. The molecule has 0 aromatic heterocycles. The lowest BCUT2D eigenvalue weighted by Crippen LogP contribution is -2.18. The summed E-state index contributed by atoms with van der Waals surface area (Å²) in [5.74, 6) is 0.780. The van der Waals surface area contributed by atoms with E-state index >= 15 is 0 Å². The van der Waals surface area contributed by atoms with E-state index in [1.165, 1.54) is 6.42 Å². The molecule has 1 aromatic rings. The minimum absolute atomic E-state index is 0.696. The fraction of sp³-hybridized carbons (Fsp3) is 0.538. The molecule has 0 heterocycles. The molecule has 1 rings (SSSR count). The molecule has 3 heteroatoms. The lowest BCUT2D eigenvalue weighted by atomic mass is 10.2. The Hall–Kier alpha value is -0.730. The van der Waals surface area contributed by atoms with Crippen LogP contribution in [0, 0.1) is 6.92 Å². The topological polar surface area (TPSA) is 21.3 Å². The van der Waals surface area contributed by atoms with Gasteiger partial charge in [0.15, 0.2) is 0 Å².